The van der Waals surface area contributed by atoms with Crippen molar-refractivity contribution in [1.82, 2.24) is 9.38 Å². The Morgan fingerprint density at radius 3 is 2.73 bits per heavy atom. The number of para-hydroxylation sites is 1. The lowest BCUT2D eigenvalue weighted by Crippen LogP contribution is -2.22. The van der Waals surface area contributed by atoms with Crippen LogP contribution in [0.5, 0.6) is 0 Å². The molecule has 3 aromatic rings. The maximum absolute atomic E-state index is 12.2. The predicted octanol–water partition coefficient (Wildman–Crippen LogP) is 3.56. The zero-order chi connectivity index (χ0) is 18.7. The van der Waals surface area contributed by atoms with Gasteiger partial charge in [-0.2, -0.15) is 0 Å². The van der Waals surface area contributed by atoms with Crippen LogP contribution in [0.3, 0.4) is 0 Å². The van der Waals surface area contributed by atoms with Crippen molar-refractivity contribution in [2.45, 2.75) is 26.7 Å². The zero-order valence-electron chi connectivity index (χ0n) is 15.0. The van der Waals surface area contributed by atoms with E-state index >= 15 is 0 Å². The van der Waals surface area contributed by atoms with Gasteiger partial charge in [0.15, 0.2) is 12.3 Å². The number of fused-ring (bicyclic) bond motifs is 1. The fourth-order valence-corrected chi connectivity index (χ4v) is 2.76. The largest absolute Gasteiger partial charge is 0.451 e. The number of rotatable bonds is 5. The summed E-state index contributed by atoms with van der Waals surface area (Å²) < 4.78 is 6.83. The van der Waals surface area contributed by atoms with Gasteiger partial charge in [0.1, 0.15) is 5.65 Å². The van der Waals surface area contributed by atoms with Gasteiger partial charge in [0.2, 0.25) is 0 Å². The summed E-state index contributed by atoms with van der Waals surface area (Å²) in [6.45, 7) is 5.70. The average Bonchev–Trinajstić information content (AvgIpc) is 3.05. The first-order valence-electron chi connectivity index (χ1n) is 8.46. The molecule has 6 nitrogen and oxygen atoms in total. The molecule has 1 N–H and O–H groups in total. The molecular weight excluding hydrogens is 330 g/mol. The molecule has 0 saturated heterocycles. The molecule has 0 aliphatic carbocycles. The van der Waals surface area contributed by atoms with E-state index in [4.69, 9.17) is 4.74 Å². The van der Waals surface area contributed by atoms with Gasteiger partial charge in [-0.1, -0.05) is 38.1 Å². The van der Waals surface area contributed by atoms with Crippen molar-refractivity contribution in [2.24, 2.45) is 0 Å². The number of pyridine rings is 1. The van der Waals surface area contributed by atoms with Crippen molar-refractivity contribution in [3.8, 4) is 0 Å². The Balaban J connectivity index is 1.65. The summed E-state index contributed by atoms with van der Waals surface area (Å²) in [4.78, 5) is 28.6. The number of nitrogens with one attached hydrogen (secondary N) is 1. The standard InChI is InChI=1S/C20H21N3O3/c1-13(2)15-8-6-7-14(3)19(15)22-18(24)12-26-20(25)16-11-23-10-5-4-9-17(23)21-16/h4-11,13H,12H2,1-3H3,(H,22,24). The Labute approximate surface area is 151 Å². The van der Waals surface area contributed by atoms with Crippen molar-refractivity contribution in [1.29, 1.82) is 0 Å². The van der Waals surface area contributed by atoms with E-state index in [2.05, 4.69) is 24.1 Å². The first kappa shape index (κ1) is 17.7. The number of carbonyl (C=O) groups is 2. The van der Waals surface area contributed by atoms with Crippen molar-refractivity contribution in [2.75, 3.05) is 11.9 Å². The normalized spacial score (nSPS) is 10.9. The molecule has 0 spiro atoms. The highest BCUT2D eigenvalue weighted by Gasteiger charge is 2.16. The third-order valence-electron chi connectivity index (χ3n) is 4.10. The summed E-state index contributed by atoms with van der Waals surface area (Å²) in [6, 6.07) is 11.3. The SMILES string of the molecule is Cc1cccc(C(C)C)c1NC(=O)COC(=O)c1cn2ccccc2n1. The highest BCUT2D eigenvalue weighted by atomic mass is 16.5. The number of ether oxygens (including phenoxy) is 1. The molecule has 2 aromatic heterocycles. The van der Waals surface area contributed by atoms with Crippen LogP contribution in [0.2, 0.25) is 0 Å². The van der Waals surface area contributed by atoms with E-state index in [1.807, 2.05) is 37.3 Å². The van der Waals surface area contributed by atoms with Crippen LogP contribution in [-0.4, -0.2) is 27.9 Å². The highest BCUT2D eigenvalue weighted by molar-refractivity contribution is 5.96. The topological polar surface area (TPSA) is 72.7 Å². The Morgan fingerprint density at radius 2 is 2.00 bits per heavy atom. The number of carbonyl (C=O) groups excluding carboxylic acids is 2. The van der Waals surface area contributed by atoms with Gasteiger partial charge in [-0.3, -0.25) is 4.79 Å². The van der Waals surface area contributed by atoms with Crippen LogP contribution >= 0.6 is 0 Å². The number of benzene rings is 1. The summed E-state index contributed by atoms with van der Waals surface area (Å²) in [5.41, 5.74) is 3.60. The van der Waals surface area contributed by atoms with Gasteiger partial charge in [-0.15, -0.1) is 0 Å². The lowest BCUT2D eigenvalue weighted by Gasteiger charge is -2.16. The zero-order valence-corrected chi connectivity index (χ0v) is 15.0. The number of esters is 1. The Kier molecular flexibility index (Phi) is 5.02. The number of amides is 1. The summed E-state index contributed by atoms with van der Waals surface area (Å²) in [5.74, 6) is -0.734. The first-order chi connectivity index (χ1) is 12.5. The third kappa shape index (κ3) is 3.74. The second kappa shape index (κ2) is 7.39. The van der Waals surface area contributed by atoms with E-state index in [9.17, 15) is 9.59 Å². The van der Waals surface area contributed by atoms with Crippen molar-refractivity contribution in [3.05, 3.63) is 65.6 Å². The number of aromatic nitrogens is 2. The van der Waals surface area contributed by atoms with E-state index in [0.717, 1.165) is 16.8 Å². The minimum atomic E-state index is -0.627. The van der Waals surface area contributed by atoms with Crippen molar-refractivity contribution < 1.29 is 14.3 Å². The molecule has 26 heavy (non-hydrogen) atoms. The van der Waals surface area contributed by atoms with Gasteiger partial charge in [0.25, 0.3) is 5.91 Å². The molecule has 0 atom stereocenters. The molecule has 6 heteroatoms. The van der Waals surface area contributed by atoms with Gasteiger partial charge >= 0.3 is 5.97 Å². The van der Waals surface area contributed by atoms with Crippen molar-refractivity contribution in [3.63, 3.8) is 0 Å². The van der Waals surface area contributed by atoms with Crippen LogP contribution in [-0.2, 0) is 9.53 Å². The van der Waals surface area contributed by atoms with Crippen LogP contribution < -0.4 is 5.32 Å². The van der Waals surface area contributed by atoms with Crippen LogP contribution in [0, 0.1) is 6.92 Å². The number of hydrogen-bond acceptors (Lipinski definition) is 4. The van der Waals surface area contributed by atoms with Gasteiger partial charge in [-0.05, 0) is 36.1 Å². The maximum Gasteiger partial charge on any atom is 0.359 e. The number of nitrogens with zero attached hydrogens (tertiary/aromatic N) is 2. The fraction of sp³-hybridized carbons (Fsp3) is 0.250. The first-order valence-corrected chi connectivity index (χ1v) is 8.46. The third-order valence-corrected chi connectivity index (χ3v) is 4.10. The quantitative estimate of drug-likeness (QED) is 0.713. The average molecular weight is 351 g/mol. The molecule has 1 amide bonds. The molecule has 0 bridgehead atoms. The van der Waals surface area contributed by atoms with E-state index in [1.165, 1.54) is 0 Å². The minimum absolute atomic E-state index is 0.169. The van der Waals surface area contributed by atoms with E-state index in [0.29, 0.717) is 5.65 Å². The molecule has 134 valence electrons. The van der Waals surface area contributed by atoms with E-state index in [-0.39, 0.29) is 24.1 Å². The fourth-order valence-electron chi connectivity index (χ4n) is 2.76. The monoisotopic (exact) mass is 351 g/mol. The van der Waals surface area contributed by atoms with E-state index < -0.39 is 5.97 Å². The van der Waals surface area contributed by atoms with Crippen LogP contribution in [0.25, 0.3) is 5.65 Å². The lowest BCUT2D eigenvalue weighted by molar-refractivity contribution is -0.119. The summed E-state index contributed by atoms with van der Waals surface area (Å²) >= 11 is 0. The lowest BCUT2D eigenvalue weighted by atomic mass is 9.98. The molecule has 1 aromatic carbocycles. The van der Waals surface area contributed by atoms with Crippen LogP contribution in [0.4, 0.5) is 5.69 Å². The second-order valence-corrected chi connectivity index (χ2v) is 6.41. The van der Waals surface area contributed by atoms with E-state index in [1.54, 1.807) is 22.9 Å². The van der Waals surface area contributed by atoms with Gasteiger partial charge in [-0.25, -0.2) is 9.78 Å². The molecule has 0 aliphatic heterocycles. The molecule has 0 unspecified atom stereocenters. The highest BCUT2D eigenvalue weighted by Crippen LogP contribution is 2.27. The van der Waals surface area contributed by atoms with Gasteiger partial charge in [0, 0.05) is 18.1 Å². The maximum atomic E-state index is 12.2. The molecular formula is C20H21N3O3. The van der Waals surface area contributed by atoms with Crippen molar-refractivity contribution >= 4 is 23.2 Å². The van der Waals surface area contributed by atoms with Gasteiger partial charge in [0.05, 0.1) is 0 Å². The number of anilines is 1. The van der Waals surface area contributed by atoms with Crippen LogP contribution in [0.15, 0.2) is 48.8 Å². The summed E-state index contributed by atoms with van der Waals surface area (Å²) in [7, 11) is 0. The summed E-state index contributed by atoms with van der Waals surface area (Å²) in [5, 5.41) is 2.85. The Morgan fingerprint density at radius 1 is 1.19 bits per heavy atom. The van der Waals surface area contributed by atoms with Crippen LogP contribution in [0.1, 0.15) is 41.4 Å². The molecule has 0 fully saturated rings. The predicted molar refractivity (Wildman–Crippen MR) is 99.4 cm³/mol. The Hall–Kier alpha value is -3.15. The smallest absolute Gasteiger partial charge is 0.359 e. The Bertz CT molecular complexity index is 927. The number of hydrogen-bond donors (Lipinski definition) is 1. The summed E-state index contributed by atoms with van der Waals surface area (Å²) in [6.07, 6.45) is 3.37. The molecule has 0 aliphatic rings. The molecule has 0 radical (unpaired) electrons. The minimum Gasteiger partial charge on any atom is -0.451 e. The number of aryl methyl sites for hydroxylation is 1. The van der Waals surface area contributed by atoms with Gasteiger partial charge < -0.3 is 14.5 Å². The molecule has 2 heterocycles. The number of imidazole rings is 1. The molecule has 3 rings (SSSR count). The molecule has 0 saturated carbocycles. The second-order valence-electron chi connectivity index (χ2n) is 6.41.